The third-order valence-electron chi connectivity index (χ3n) is 3.76. The van der Waals surface area contributed by atoms with Crippen LogP contribution in [0.4, 0.5) is 0 Å². The van der Waals surface area contributed by atoms with Crippen LogP contribution in [0.3, 0.4) is 0 Å². The van der Waals surface area contributed by atoms with Gasteiger partial charge in [-0.2, -0.15) is 5.26 Å². The van der Waals surface area contributed by atoms with Crippen LogP contribution in [-0.2, 0) is 4.79 Å². The number of carbonyl (C=O) groups excluding carboxylic acids is 2. The first kappa shape index (κ1) is 15.0. The number of hydrogen-bond donors (Lipinski definition) is 1. The molecule has 1 aromatic rings. The standard InChI is InChI=1S/C16H19N3O2/c1-2-18-15(20)13-7-9-19(10-8-13)16(21)14-5-3-12(11-17)4-6-14/h3-6,13H,2,7-10H2,1H3,(H,18,20). The Morgan fingerprint density at radius 3 is 2.43 bits per heavy atom. The summed E-state index contributed by atoms with van der Waals surface area (Å²) in [6.07, 6.45) is 1.40. The number of nitriles is 1. The van der Waals surface area contributed by atoms with E-state index in [4.69, 9.17) is 5.26 Å². The molecule has 0 spiro atoms. The van der Waals surface area contributed by atoms with Gasteiger partial charge in [0.1, 0.15) is 0 Å². The van der Waals surface area contributed by atoms with Crippen molar-refractivity contribution in [3.8, 4) is 6.07 Å². The van der Waals surface area contributed by atoms with E-state index in [1.54, 1.807) is 29.2 Å². The van der Waals surface area contributed by atoms with Gasteiger partial charge >= 0.3 is 0 Å². The molecule has 0 bridgehead atoms. The van der Waals surface area contributed by atoms with Crippen molar-refractivity contribution in [3.63, 3.8) is 0 Å². The maximum Gasteiger partial charge on any atom is 0.253 e. The average Bonchev–Trinajstić information content (AvgIpc) is 2.54. The van der Waals surface area contributed by atoms with Crippen LogP contribution in [0.15, 0.2) is 24.3 Å². The molecule has 2 amide bonds. The van der Waals surface area contributed by atoms with Gasteiger partial charge in [-0.3, -0.25) is 9.59 Å². The number of piperidine rings is 1. The molecule has 1 N–H and O–H groups in total. The highest BCUT2D eigenvalue weighted by Gasteiger charge is 2.27. The second kappa shape index (κ2) is 6.89. The second-order valence-corrected chi connectivity index (χ2v) is 5.15. The predicted octanol–water partition coefficient (Wildman–Crippen LogP) is 1.55. The Kier molecular flexibility index (Phi) is 4.94. The van der Waals surface area contributed by atoms with E-state index in [2.05, 4.69) is 5.32 Å². The summed E-state index contributed by atoms with van der Waals surface area (Å²) in [5.41, 5.74) is 1.13. The Labute approximate surface area is 124 Å². The molecule has 0 aliphatic carbocycles. The minimum Gasteiger partial charge on any atom is -0.356 e. The van der Waals surface area contributed by atoms with Crippen LogP contribution >= 0.6 is 0 Å². The lowest BCUT2D eigenvalue weighted by Crippen LogP contribution is -2.43. The molecule has 0 unspecified atom stereocenters. The fourth-order valence-corrected chi connectivity index (χ4v) is 2.53. The first-order valence-electron chi connectivity index (χ1n) is 7.23. The Balaban J connectivity index is 1.93. The molecule has 5 nitrogen and oxygen atoms in total. The zero-order valence-corrected chi connectivity index (χ0v) is 12.1. The van der Waals surface area contributed by atoms with Gasteiger partial charge in [0.2, 0.25) is 5.91 Å². The number of likely N-dealkylation sites (tertiary alicyclic amines) is 1. The topological polar surface area (TPSA) is 73.2 Å². The van der Waals surface area contributed by atoms with E-state index in [1.807, 2.05) is 13.0 Å². The monoisotopic (exact) mass is 285 g/mol. The van der Waals surface area contributed by atoms with E-state index < -0.39 is 0 Å². The summed E-state index contributed by atoms with van der Waals surface area (Å²) in [5.74, 6) is 0.0618. The fourth-order valence-electron chi connectivity index (χ4n) is 2.53. The van der Waals surface area contributed by atoms with Crippen molar-refractivity contribution >= 4 is 11.8 Å². The molecule has 1 saturated heterocycles. The summed E-state index contributed by atoms with van der Waals surface area (Å²) in [5, 5.41) is 11.6. The first-order valence-corrected chi connectivity index (χ1v) is 7.23. The van der Waals surface area contributed by atoms with E-state index >= 15 is 0 Å². The van der Waals surface area contributed by atoms with Crippen molar-refractivity contribution in [3.05, 3.63) is 35.4 Å². The number of nitrogens with zero attached hydrogens (tertiary/aromatic N) is 2. The number of nitrogens with one attached hydrogen (secondary N) is 1. The quantitative estimate of drug-likeness (QED) is 0.915. The Bertz CT molecular complexity index is 552. The lowest BCUT2D eigenvalue weighted by Gasteiger charge is -2.31. The molecular weight excluding hydrogens is 266 g/mol. The molecule has 5 heteroatoms. The maximum atomic E-state index is 12.3. The molecule has 1 heterocycles. The van der Waals surface area contributed by atoms with Crippen LogP contribution in [0.5, 0.6) is 0 Å². The van der Waals surface area contributed by atoms with Crippen LogP contribution in [0.1, 0.15) is 35.7 Å². The van der Waals surface area contributed by atoms with Gasteiger partial charge in [-0.1, -0.05) is 0 Å². The molecule has 1 aromatic carbocycles. The largest absolute Gasteiger partial charge is 0.356 e. The summed E-state index contributed by atoms with van der Waals surface area (Å²) in [6.45, 7) is 3.74. The molecule has 1 fully saturated rings. The number of benzene rings is 1. The van der Waals surface area contributed by atoms with E-state index in [-0.39, 0.29) is 17.7 Å². The lowest BCUT2D eigenvalue weighted by atomic mass is 9.95. The molecule has 0 atom stereocenters. The van der Waals surface area contributed by atoms with E-state index in [0.29, 0.717) is 43.6 Å². The third kappa shape index (κ3) is 3.60. The summed E-state index contributed by atoms with van der Waals surface area (Å²) in [6, 6.07) is 8.68. The van der Waals surface area contributed by atoms with Crippen molar-refractivity contribution in [1.82, 2.24) is 10.2 Å². The van der Waals surface area contributed by atoms with Gasteiger partial charge in [0.15, 0.2) is 0 Å². The SMILES string of the molecule is CCNC(=O)C1CCN(C(=O)c2ccc(C#N)cc2)CC1. The van der Waals surface area contributed by atoms with E-state index in [1.165, 1.54) is 0 Å². The molecule has 0 radical (unpaired) electrons. The summed E-state index contributed by atoms with van der Waals surface area (Å²) < 4.78 is 0. The number of amides is 2. The minimum atomic E-state index is -0.0335. The zero-order valence-electron chi connectivity index (χ0n) is 12.1. The normalized spacial score (nSPS) is 15.3. The van der Waals surface area contributed by atoms with Crippen LogP contribution in [0.2, 0.25) is 0 Å². The molecule has 1 aliphatic heterocycles. The van der Waals surface area contributed by atoms with Crippen LogP contribution in [-0.4, -0.2) is 36.3 Å². The highest BCUT2D eigenvalue weighted by molar-refractivity contribution is 5.94. The van der Waals surface area contributed by atoms with Gasteiger partial charge in [-0.25, -0.2) is 0 Å². The first-order chi connectivity index (χ1) is 10.2. The van der Waals surface area contributed by atoms with Gasteiger partial charge in [0, 0.05) is 31.1 Å². The lowest BCUT2D eigenvalue weighted by molar-refractivity contribution is -0.126. The average molecular weight is 285 g/mol. The van der Waals surface area contributed by atoms with Gasteiger partial charge in [-0.15, -0.1) is 0 Å². The van der Waals surface area contributed by atoms with E-state index in [0.717, 1.165) is 0 Å². The highest BCUT2D eigenvalue weighted by Crippen LogP contribution is 2.19. The Hall–Kier alpha value is -2.35. The summed E-state index contributed by atoms with van der Waals surface area (Å²) in [4.78, 5) is 25.9. The summed E-state index contributed by atoms with van der Waals surface area (Å²) >= 11 is 0. The van der Waals surface area contributed by atoms with Gasteiger partial charge in [-0.05, 0) is 44.0 Å². The molecule has 21 heavy (non-hydrogen) atoms. The predicted molar refractivity (Wildman–Crippen MR) is 78.5 cm³/mol. The van der Waals surface area contributed by atoms with Crippen molar-refractivity contribution < 1.29 is 9.59 Å². The van der Waals surface area contributed by atoms with Crippen molar-refractivity contribution in [2.75, 3.05) is 19.6 Å². The van der Waals surface area contributed by atoms with Crippen molar-refractivity contribution in [1.29, 1.82) is 5.26 Å². The molecule has 1 aliphatic rings. The van der Waals surface area contributed by atoms with Gasteiger partial charge in [0.25, 0.3) is 5.91 Å². The highest BCUT2D eigenvalue weighted by atomic mass is 16.2. The van der Waals surface area contributed by atoms with Gasteiger partial charge in [0.05, 0.1) is 11.6 Å². The zero-order chi connectivity index (χ0) is 15.2. The number of carbonyl (C=O) groups is 2. The molecular formula is C16H19N3O2. The minimum absolute atomic E-state index is 0.00923. The third-order valence-corrected chi connectivity index (χ3v) is 3.76. The van der Waals surface area contributed by atoms with Gasteiger partial charge < -0.3 is 10.2 Å². The Morgan fingerprint density at radius 2 is 1.90 bits per heavy atom. The van der Waals surface area contributed by atoms with E-state index in [9.17, 15) is 9.59 Å². The maximum absolute atomic E-state index is 12.3. The molecule has 110 valence electrons. The number of rotatable bonds is 3. The van der Waals surface area contributed by atoms with Crippen LogP contribution in [0.25, 0.3) is 0 Å². The van der Waals surface area contributed by atoms with Crippen LogP contribution in [0, 0.1) is 17.2 Å². The summed E-state index contributed by atoms with van der Waals surface area (Å²) in [7, 11) is 0. The Morgan fingerprint density at radius 1 is 1.29 bits per heavy atom. The molecule has 0 aromatic heterocycles. The fraction of sp³-hybridized carbons (Fsp3) is 0.438. The number of hydrogen-bond acceptors (Lipinski definition) is 3. The smallest absolute Gasteiger partial charge is 0.253 e. The second-order valence-electron chi connectivity index (χ2n) is 5.15. The molecule has 2 rings (SSSR count). The van der Waals surface area contributed by atoms with Crippen molar-refractivity contribution in [2.24, 2.45) is 5.92 Å². The van der Waals surface area contributed by atoms with Crippen LogP contribution < -0.4 is 5.32 Å². The molecule has 0 saturated carbocycles. The van der Waals surface area contributed by atoms with Crippen molar-refractivity contribution in [2.45, 2.75) is 19.8 Å².